The van der Waals surface area contributed by atoms with Crippen LogP contribution in [0.15, 0.2) is 0 Å². The molecule has 0 unspecified atom stereocenters. The van der Waals surface area contributed by atoms with Crippen LogP contribution in [0.5, 0.6) is 0 Å². The monoisotopic (exact) mass is 203 g/mol. The van der Waals surface area contributed by atoms with E-state index in [1.807, 2.05) is 4.57 Å². The lowest BCUT2D eigenvalue weighted by Gasteiger charge is -2.05. The molecule has 0 radical (unpaired) electrons. The second kappa shape index (κ2) is 3.62. The molecule has 2 rings (SSSR count). The molecule has 1 saturated carbocycles. The number of hydrogen-bond acceptors (Lipinski definition) is 2. The molecule has 1 aromatic heterocycles. The van der Waals surface area contributed by atoms with Gasteiger partial charge in [-0.05, 0) is 18.8 Å². The maximum absolute atomic E-state index is 6.06. The van der Waals surface area contributed by atoms with Gasteiger partial charge in [-0.1, -0.05) is 19.8 Å². The second-order valence-electron chi connectivity index (χ2n) is 4.46. The van der Waals surface area contributed by atoms with Crippen LogP contribution in [-0.2, 0) is 6.54 Å². The van der Waals surface area contributed by atoms with Crippen molar-refractivity contribution in [3.05, 3.63) is 11.5 Å². The molecular formula is C12H17N3. The Balaban J connectivity index is 2.44. The Morgan fingerprint density at radius 2 is 2.27 bits per heavy atom. The van der Waals surface area contributed by atoms with Crippen molar-refractivity contribution in [2.45, 2.75) is 45.1 Å². The Bertz CT molecular complexity index is 405. The zero-order valence-corrected chi connectivity index (χ0v) is 9.33. The molecule has 1 heterocycles. The number of nitrogen functional groups attached to an aromatic ring is 1. The van der Waals surface area contributed by atoms with Crippen LogP contribution in [0.2, 0.25) is 0 Å². The lowest BCUT2D eigenvalue weighted by atomic mass is 10.1. The van der Waals surface area contributed by atoms with Gasteiger partial charge in [0.2, 0.25) is 0 Å². The Labute approximate surface area is 90.7 Å². The average Bonchev–Trinajstić information content (AvgIpc) is 2.95. The first kappa shape index (κ1) is 10.1. The van der Waals surface area contributed by atoms with E-state index < -0.39 is 0 Å². The van der Waals surface area contributed by atoms with Crippen LogP contribution >= 0.6 is 0 Å². The normalized spacial score (nSPS) is 15.6. The average molecular weight is 203 g/mol. The first-order valence-corrected chi connectivity index (χ1v) is 5.44. The maximum Gasteiger partial charge on any atom is 0.127 e. The number of nitrogens with two attached hydrogens (primary N) is 1. The second-order valence-corrected chi connectivity index (χ2v) is 4.46. The van der Waals surface area contributed by atoms with Crippen LogP contribution < -0.4 is 5.73 Å². The van der Waals surface area contributed by atoms with Gasteiger partial charge in [-0.15, -0.1) is 6.42 Å². The standard InChI is InChI=1S/C12H17N3/c1-4-7-15-11(13)10(8(2)3)14-12(15)9-5-6-9/h1,8-9H,5-7,13H2,2-3H3. The summed E-state index contributed by atoms with van der Waals surface area (Å²) >= 11 is 0. The summed E-state index contributed by atoms with van der Waals surface area (Å²) in [6, 6.07) is 0. The van der Waals surface area contributed by atoms with Gasteiger partial charge >= 0.3 is 0 Å². The fourth-order valence-electron chi connectivity index (χ4n) is 1.84. The van der Waals surface area contributed by atoms with Crippen LogP contribution in [-0.4, -0.2) is 9.55 Å². The van der Waals surface area contributed by atoms with Crippen molar-refractivity contribution in [3.63, 3.8) is 0 Å². The van der Waals surface area contributed by atoms with Crippen molar-refractivity contribution in [1.29, 1.82) is 0 Å². The predicted molar refractivity (Wildman–Crippen MR) is 61.5 cm³/mol. The number of nitrogens with zero attached hydrogens (tertiary/aromatic N) is 2. The maximum atomic E-state index is 6.06. The van der Waals surface area contributed by atoms with Crippen molar-refractivity contribution in [1.82, 2.24) is 9.55 Å². The highest BCUT2D eigenvalue weighted by Gasteiger charge is 2.30. The topological polar surface area (TPSA) is 43.8 Å². The SMILES string of the molecule is C#CCn1c(C2CC2)nc(C(C)C)c1N. The van der Waals surface area contributed by atoms with E-state index in [4.69, 9.17) is 12.2 Å². The summed E-state index contributed by atoms with van der Waals surface area (Å²) in [7, 11) is 0. The minimum absolute atomic E-state index is 0.363. The highest BCUT2D eigenvalue weighted by Crippen LogP contribution is 2.41. The zero-order chi connectivity index (χ0) is 11.0. The summed E-state index contributed by atoms with van der Waals surface area (Å²) in [6.45, 7) is 4.75. The number of imidazole rings is 1. The Morgan fingerprint density at radius 3 is 2.73 bits per heavy atom. The van der Waals surface area contributed by atoms with Crippen molar-refractivity contribution in [2.24, 2.45) is 0 Å². The van der Waals surface area contributed by atoms with Crippen LogP contribution in [0.3, 0.4) is 0 Å². The van der Waals surface area contributed by atoms with Gasteiger partial charge in [-0.2, -0.15) is 0 Å². The Hall–Kier alpha value is -1.43. The van der Waals surface area contributed by atoms with E-state index in [1.165, 1.54) is 12.8 Å². The van der Waals surface area contributed by atoms with E-state index in [0.29, 0.717) is 18.4 Å². The Kier molecular flexibility index (Phi) is 2.44. The summed E-state index contributed by atoms with van der Waals surface area (Å²) in [4.78, 5) is 4.63. The third-order valence-electron chi connectivity index (χ3n) is 2.80. The van der Waals surface area contributed by atoms with E-state index in [9.17, 15) is 0 Å². The van der Waals surface area contributed by atoms with Crippen LogP contribution in [0, 0.1) is 12.3 Å². The van der Waals surface area contributed by atoms with E-state index in [2.05, 4.69) is 24.8 Å². The van der Waals surface area contributed by atoms with Gasteiger partial charge in [-0.3, -0.25) is 0 Å². The summed E-state index contributed by atoms with van der Waals surface area (Å²) in [5.41, 5.74) is 7.05. The van der Waals surface area contributed by atoms with Crippen molar-refractivity contribution >= 4 is 5.82 Å². The van der Waals surface area contributed by atoms with E-state index >= 15 is 0 Å². The number of rotatable bonds is 3. The van der Waals surface area contributed by atoms with Gasteiger partial charge in [0.1, 0.15) is 11.6 Å². The van der Waals surface area contributed by atoms with Gasteiger partial charge in [0.05, 0.1) is 12.2 Å². The zero-order valence-electron chi connectivity index (χ0n) is 9.33. The minimum atomic E-state index is 0.363. The van der Waals surface area contributed by atoms with Crippen LogP contribution in [0.25, 0.3) is 0 Å². The molecule has 0 aliphatic heterocycles. The molecule has 1 aliphatic rings. The minimum Gasteiger partial charge on any atom is -0.384 e. The fraction of sp³-hybridized carbons (Fsp3) is 0.583. The van der Waals surface area contributed by atoms with E-state index in [0.717, 1.165) is 17.3 Å². The molecule has 0 bridgehead atoms. The molecule has 3 nitrogen and oxygen atoms in total. The summed E-state index contributed by atoms with van der Waals surface area (Å²) in [6.07, 6.45) is 7.79. The summed E-state index contributed by atoms with van der Waals surface area (Å²) < 4.78 is 1.99. The number of aromatic nitrogens is 2. The van der Waals surface area contributed by atoms with Crippen molar-refractivity contribution < 1.29 is 0 Å². The van der Waals surface area contributed by atoms with Crippen LogP contribution in [0.1, 0.15) is 50.0 Å². The molecule has 0 spiro atoms. The molecule has 0 saturated heterocycles. The molecule has 80 valence electrons. The van der Waals surface area contributed by atoms with E-state index in [-0.39, 0.29) is 0 Å². The molecule has 1 aliphatic carbocycles. The molecule has 0 amide bonds. The molecule has 15 heavy (non-hydrogen) atoms. The predicted octanol–water partition coefficient (Wildman–Crippen LogP) is 2.10. The molecule has 0 atom stereocenters. The highest BCUT2D eigenvalue weighted by molar-refractivity contribution is 5.42. The lowest BCUT2D eigenvalue weighted by molar-refractivity contribution is 0.761. The summed E-state index contributed by atoms with van der Waals surface area (Å²) in [5, 5.41) is 0. The van der Waals surface area contributed by atoms with Gasteiger partial charge < -0.3 is 10.3 Å². The first-order valence-electron chi connectivity index (χ1n) is 5.44. The first-order chi connectivity index (χ1) is 7.15. The molecule has 1 fully saturated rings. The molecule has 2 N–H and O–H groups in total. The lowest BCUT2D eigenvalue weighted by Crippen LogP contribution is -2.06. The smallest absolute Gasteiger partial charge is 0.127 e. The number of terminal acetylenes is 1. The largest absolute Gasteiger partial charge is 0.384 e. The number of hydrogen-bond donors (Lipinski definition) is 1. The molecular weight excluding hydrogens is 186 g/mol. The molecule has 1 aromatic rings. The van der Waals surface area contributed by atoms with Gasteiger partial charge in [0.25, 0.3) is 0 Å². The van der Waals surface area contributed by atoms with Crippen LogP contribution in [0.4, 0.5) is 5.82 Å². The van der Waals surface area contributed by atoms with Gasteiger partial charge in [-0.25, -0.2) is 4.98 Å². The van der Waals surface area contributed by atoms with Gasteiger partial charge in [0, 0.05) is 5.92 Å². The fourth-order valence-corrected chi connectivity index (χ4v) is 1.84. The third kappa shape index (κ3) is 1.72. The highest BCUT2D eigenvalue weighted by atomic mass is 15.1. The number of anilines is 1. The van der Waals surface area contributed by atoms with Crippen molar-refractivity contribution in [2.75, 3.05) is 5.73 Å². The Morgan fingerprint density at radius 1 is 1.60 bits per heavy atom. The summed E-state index contributed by atoms with van der Waals surface area (Å²) in [5.74, 6) is 5.44. The van der Waals surface area contributed by atoms with E-state index in [1.54, 1.807) is 0 Å². The molecule has 0 aromatic carbocycles. The third-order valence-corrected chi connectivity index (χ3v) is 2.80. The van der Waals surface area contributed by atoms with Crippen molar-refractivity contribution in [3.8, 4) is 12.3 Å². The quantitative estimate of drug-likeness (QED) is 0.764. The van der Waals surface area contributed by atoms with Gasteiger partial charge in [0.15, 0.2) is 0 Å². The molecule has 3 heteroatoms.